The van der Waals surface area contributed by atoms with Gasteiger partial charge in [0.25, 0.3) is 0 Å². The zero-order valence-corrected chi connectivity index (χ0v) is 8.86. The minimum absolute atomic E-state index is 0.718. The summed E-state index contributed by atoms with van der Waals surface area (Å²) in [5.74, 6) is 0. The van der Waals surface area contributed by atoms with Crippen LogP contribution in [-0.2, 0) is 0 Å². The average Bonchev–Trinajstić information content (AvgIpc) is 2.02. The fourth-order valence-corrected chi connectivity index (χ4v) is 3.05. The predicted molar refractivity (Wildman–Crippen MR) is 54.3 cm³/mol. The van der Waals surface area contributed by atoms with Gasteiger partial charge in [-0.25, -0.2) is 4.31 Å². The van der Waals surface area contributed by atoms with Gasteiger partial charge < -0.3 is 4.90 Å². The monoisotopic (exact) mass is 186 g/mol. The first-order valence-corrected chi connectivity index (χ1v) is 5.90. The van der Waals surface area contributed by atoms with Crippen LogP contribution in [0.3, 0.4) is 0 Å². The Morgan fingerprint density at radius 2 is 1.75 bits per heavy atom. The molecule has 0 amide bonds. The Balaban J connectivity index is 1.83. The molecule has 0 saturated carbocycles. The molecule has 0 atom stereocenters. The normalized spacial score (nSPS) is 30.5. The molecule has 0 aliphatic carbocycles. The van der Waals surface area contributed by atoms with Gasteiger partial charge >= 0.3 is 0 Å². The lowest BCUT2D eigenvalue weighted by molar-refractivity contribution is 0.0138. The maximum absolute atomic E-state index is 2.48. The molecular weight excluding hydrogens is 168 g/mol. The largest absolute Gasteiger partial charge is 0.306 e. The minimum Gasteiger partial charge on any atom is -0.306 e. The van der Waals surface area contributed by atoms with Crippen molar-refractivity contribution in [2.24, 2.45) is 5.41 Å². The maximum Gasteiger partial charge on any atom is 0.0160 e. The molecule has 12 heavy (non-hydrogen) atoms. The Hall–Kier alpha value is 0.270. The van der Waals surface area contributed by atoms with Crippen molar-refractivity contribution in [3.8, 4) is 0 Å². The third-order valence-corrected chi connectivity index (χ3v) is 4.10. The lowest BCUT2D eigenvalue weighted by Gasteiger charge is -2.52. The third-order valence-electron chi connectivity index (χ3n) is 3.33. The highest BCUT2D eigenvalue weighted by Crippen LogP contribution is 2.42. The average molecular weight is 186 g/mol. The van der Waals surface area contributed by atoms with Gasteiger partial charge in [0.1, 0.15) is 0 Å². The standard InChI is InChI=1S/C9H18N2S/c1-10-5-3-9(4-6-10)7-11(8-9)12-2/h3-8H2,1-2H3. The highest BCUT2D eigenvalue weighted by molar-refractivity contribution is 7.96. The van der Waals surface area contributed by atoms with E-state index < -0.39 is 0 Å². The van der Waals surface area contributed by atoms with Crippen LogP contribution < -0.4 is 0 Å². The number of nitrogens with zero attached hydrogens (tertiary/aromatic N) is 2. The summed E-state index contributed by atoms with van der Waals surface area (Å²) in [5.41, 5.74) is 0.718. The summed E-state index contributed by atoms with van der Waals surface area (Å²) < 4.78 is 2.48. The van der Waals surface area contributed by atoms with E-state index in [1.54, 1.807) is 0 Å². The molecule has 0 aromatic rings. The second kappa shape index (κ2) is 3.20. The molecule has 2 saturated heterocycles. The smallest absolute Gasteiger partial charge is 0.0160 e. The number of piperidine rings is 1. The van der Waals surface area contributed by atoms with Crippen molar-refractivity contribution < 1.29 is 0 Å². The van der Waals surface area contributed by atoms with E-state index in [1.165, 1.54) is 39.0 Å². The number of likely N-dealkylation sites (tertiary alicyclic amines) is 1. The van der Waals surface area contributed by atoms with Crippen molar-refractivity contribution in [3.63, 3.8) is 0 Å². The first kappa shape index (κ1) is 8.85. The second-order valence-corrected chi connectivity index (χ2v) is 5.17. The predicted octanol–water partition coefficient (Wildman–Crippen LogP) is 1.29. The van der Waals surface area contributed by atoms with Crippen molar-refractivity contribution in [2.45, 2.75) is 12.8 Å². The van der Waals surface area contributed by atoms with Crippen LogP contribution in [-0.4, -0.2) is 48.7 Å². The van der Waals surface area contributed by atoms with Crippen LogP contribution in [0.4, 0.5) is 0 Å². The Labute approximate surface area is 79.4 Å². The van der Waals surface area contributed by atoms with E-state index in [4.69, 9.17) is 0 Å². The molecule has 0 unspecified atom stereocenters. The maximum atomic E-state index is 2.48. The minimum atomic E-state index is 0.718. The molecule has 0 bridgehead atoms. The van der Waals surface area contributed by atoms with Gasteiger partial charge in [-0.15, -0.1) is 0 Å². The molecule has 2 rings (SSSR count). The van der Waals surface area contributed by atoms with Crippen LogP contribution in [0.5, 0.6) is 0 Å². The summed E-state index contributed by atoms with van der Waals surface area (Å²) in [7, 11) is 2.23. The Kier molecular flexibility index (Phi) is 2.36. The van der Waals surface area contributed by atoms with E-state index in [1.807, 2.05) is 11.9 Å². The Morgan fingerprint density at radius 1 is 1.17 bits per heavy atom. The molecule has 0 aromatic carbocycles. The lowest BCUT2D eigenvalue weighted by atomic mass is 9.73. The first-order valence-electron chi connectivity index (χ1n) is 4.72. The number of hydrogen-bond donors (Lipinski definition) is 0. The molecule has 3 heteroatoms. The zero-order chi connectivity index (χ0) is 8.60. The molecule has 2 fully saturated rings. The second-order valence-electron chi connectivity index (χ2n) is 4.28. The van der Waals surface area contributed by atoms with Gasteiger partial charge in [-0.2, -0.15) is 0 Å². The van der Waals surface area contributed by atoms with Gasteiger partial charge in [0, 0.05) is 18.5 Å². The van der Waals surface area contributed by atoms with Gasteiger partial charge in [0.2, 0.25) is 0 Å². The van der Waals surface area contributed by atoms with Gasteiger partial charge in [-0.3, -0.25) is 0 Å². The molecule has 0 N–H and O–H groups in total. The summed E-state index contributed by atoms with van der Waals surface area (Å²) in [4.78, 5) is 2.45. The molecular formula is C9H18N2S. The van der Waals surface area contributed by atoms with Crippen LogP contribution in [0.1, 0.15) is 12.8 Å². The van der Waals surface area contributed by atoms with Crippen molar-refractivity contribution in [3.05, 3.63) is 0 Å². The SMILES string of the molecule is CSN1CC2(CCN(C)CC2)C1. The van der Waals surface area contributed by atoms with Crippen molar-refractivity contribution in [2.75, 3.05) is 39.5 Å². The zero-order valence-electron chi connectivity index (χ0n) is 8.05. The van der Waals surface area contributed by atoms with E-state index in [-0.39, 0.29) is 0 Å². The van der Waals surface area contributed by atoms with Crippen LogP contribution in [0.25, 0.3) is 0 Å². The molecule has 2 aliphatic heterocycles. The quantitative estimate of drug-likeness (QED) is 0.570. The van der Waals surface area contributed by atoms with Crippen molar-refractivity contribution in [1.29, 1.82) is 0 Å². The summed E-state index contributed by atoms with van der Waals surface area (Å²) in [6.45, 7) is 5.29. The highest BCUT2D eigenvalue weighted by atomic mass is 32.2. The first-order chi connectivity index (χ1) is 5.74. The lowest BCUT2D eigenvalue weighted by Crippen LogP contribution is -2.57. The van der Waals surface area contributed by atoms with Crippen LogP contribution >= 0.6 is 11.9 Å². The number of rotatable bonds is 1. The van der Waals surface area contributed by atoms with Crippen LogP contribution in [0.15, 0.2) is 0 Å². The van der Waals surface area contributed by atoms with Gasteiger partial charge in [-0.05, 0) is 39.2 Å². The van der Waals surface area contributed by atoms with Gasteiger partial charge in [0.05, 0.1) is 0 Å². The van der Waals surface area contributed by atoms with Crippen molar-refractivity contribution >= 4 is 11.9 Å². The topological polar surface area (TPSA) is 6.48 Å². The fraction of sp³-hybridized carbons (Fsp3) is 1.00. The number of hydrogen-bond acceptors (Lipinski definition) is 3. The van der Waals surface area contributed by atoms with Crippen LogP contribution in [0.2, 0.25) is 0 Å². The van der Waals surface area contributed by atoms with Crippen LogP contribution in [0, 0.1) is 5.41 Å². The van der Waals surface area contributed by atoms with E-state index in [9.17, 15) is 0 Å². The van der Waals surface area contributed by atoms with E-state index in [0.29, 0.717) is 0 Å². The van der Waals surface area contributed by atoms with E-state index in [2.05, 4.69) is 22.5 Å². The fourth-order valence-electron chi connectivity index (χ4n) is 2.24. The highest BCUT2D eigenvalue weighted by Gasteiger charge is 2.43. The summed E-state index contributed by atoms with van der Waals surface area (Å²) in [5, 5.41) is 0. The Bertz CT molecular complexity index is 148. The summed E-state index contributed by atoms with van der Waals surface area (Å²) >= 11 is 1.90. The molecule has 0 radical (unpaired) electrons. The van der Waals surface area contributed by atoms with Gasteiger partial charge in [0.15, 0.2) is 0 Å². The molecule has 2 aliphatic rings. The van der Waals surface area contributed by atoms with E-state index >= 15 is 0 Å². The van der Waals surface area contributed by atoms with Gasteiger partial charge in [-0.1, -0.05) is 11.9 Å². The van der Waals surface area contributed by atoms with E-state index in [0.717, 1.165) is 5.41 Å². The molecule has 0 aromatic heterocycles. The summed E-state index contributed by atoms with van der Waals surface area (Å²) in [6, 6.07) is 0. The molecule has 2 heterocycles. The van der Waals surface area contributed by atoms with Crippen molar-refractivity contribution in [1.82, 2.24) is 9.21 Å². The Morgan fingerprint density at radius 3 is 2.25 bits per heavy atom. The third kappa shape index (κ3) is 1.50. The molecule has 1 spiro atoms. The summed E-state index contributed by atoms with van der Waals surface area (Å²) in [6.07, 6.45) is 5.02. The molecule has 70 valence electrons. The molecule has 2 nitrogen and oxygen atoms in total.